The molecule has 1 heterocycles. The van der Waals surface area contributed by atoms with Crippen molar-refractivity contribution >= 4 is 39.3 Å². The average Bonchev–Trinajstić information content (AvgIpc) is 3.32. The number of nitrogens with zero attached hydrogens (tertiary/aromatic N) is 3. The number of likely N-dealkylation sites (N-methyl/N-ethyl adjacent to an activating group) is 1. The van der Waals surface area contributed by atoms with Crippen LogP contribution in [0.4, 0.5) is 4.79 Å². The minimum Gasteiger partial charge on any atom is -0.492 e. The molecule has 4 rings (SSSR count). The summed E-state index contributed by atoms with van der Waals surface area (Å²) in [4.78, 5) is 44.2. The first-order valence-electron chi connectivity index (χ1n) is 14.1. The van der Waals surface area contributed by atoms with Gasteiger partial charge in [-0.2, -0.15) is 0 Å². The Kier molecular flexibility index (Phi) is 10.4. The summed E-state index contributed by atoms with van der Waals surface area (Å²) in [5.74, 6) is 0.0727. The highest BCUT2D eigenvalue weighted by atomic mass is 32.1. The standard InChI is InChI=1S/C33H37N3O7S/c1-33(2,3)43-31(38)35(4)27(30(37)40-5)20-22-12-15-25(16-13-22)42-19-18-36-26-17-14-24(21-28(26)44-32(36)39)29(34-41-6)23-10-8-7-9-11-23/h7-17,21,27H,18-20H2,1-6H3. The zero-order valence-electron chi connectivity index (χ0n) is 25.7. The molecule has 11 heteroatoms. The fourth-order valence-electron chi connectivity index (χ4n) is 4.56. The van der Waals surface area contributed by atoms with Crippen molar-refractivity contribution in [3.05, 3.63) is 99.2 Å². The number of carbonyl (C=O) groups is 2. The Morgan fingerprint density at radius 1 is 0.977 bits per heavy atom. The number of amides is 1. The third-order valence-electron chi connectivity index (χ3n) is 6.73. The molecule has 4 aromatic rings. The number of aromatic nitrogens is 1. The van der Waals surface area contributed by atoms with Crippen LogP contribution in [-0.2, 0) is 32.1 Å². The molecule has 0 spiro atoms. The maximum atomic E-state index is 12.9. The molecular weight excluding hydrogens is 582 g/mol. The lowest BCUT2D eigenvalue weighted by Crippen LogP contribution is -2.46. The summed E-state index contributed by atoms with van der Waals surface area (Å²) in [5.41, 5.74) is 3.38. The van der Waals surface area contributed by atoms with Crippen molar-refractivity contribution in [2.45, 2.75) is 45.4 Å². The van der Waals surface area contributed by atoms with E-state index >= 15 is 0 Å². The van der Waals surface area contributed by atoms with Gasteiger partial charge in [0.1, 0.15) is 36.8 Å². The van der Waals surface area contributed by atoms with E-state index < -0.39 is 23.7 Å². The van der Waals surface area contributed by atoms with E-state index in [-0.39, 0.29) is 17.9 Å². The fourth-order valence-corrected chi connectivity index (χ4v) is 5.52. The molecule has 0 saturated heterocycles. The molecule has 1 amide bonds. The van der Waals surface area contributed by atoms with E-state index in [4.69, 9.17) is 19.0 Å². The number of hydrogen-bond donors (Lipinski definition) is 0. The molecule has 3 aromatic carbocycles. The van der Waals surface area contributed by atoms with Gasteiger partial charge in [-0.05, 0) is 50.6 Å². The Labute approximate surface area is 260 Å². The summed E-state index contributed by atoms with van der Waals surface area (Å²) in [6, 6.07) is 21.9. The van der Waals surface area contributed by atoms with E-state index in [9.17, 15) is 14.4 Å². The number of carbonyl (C=O) groups excluding carboxylic acids is 2. The van der Waals surface area contributed by atoms with Crippen LogP contribution in [0, 0.1) is 0 Å². The Morgan fingerprint density at radius 3 is 2.32 bits per heavy atom. The SMILES string of the molecule is CON=C(c1ccccc1)c1ccc2c(c1)sc(=O)n2CCOc1ccc(CC(C(=O)OC)N(C)C(=O)OC(C)(C)C)cc1. The molecule has 44 heavy (non-hydrogen) atoms. The number of rotatable bonds is 11. The van der Waals surface area contributed by atoms with Crippen molar-refractivity contribution in [2.24, 2.45) is 5.16 Å². The van der Waals surface area contributed by atoms with Crippen LogP contribution >= 0.6 is 11.3 Å². The highest BCUT2D eigenvalue weighted by molar-refractivity contribution is 7.16. The molecular formula is C33H37N3O7S. The first kappa shape index (κ1) is 32.3. The predicted octanol–water partition coefficient (Wildman–Crippen LogP) is 5.49. The van der Waals surface area contributed by atoms with Gasteiger partial charge in [-0.15, -0.1) is 0 Å². The lowest BCUT2D eigenvalue weighted by atomic mass is 10.0. The number of hydrogen-bond acceptors (Lipinski definition) is 9. The van der Waals surface area contributed by atoms with Crippen LogP contribution in [0.3, 0.4) is 0 Å². The summed E-state index contributed by atoms with van der Waals surface area (Å²) in [5, 5.41) is 4.22. The van der Waals surface area contributed by atoms with Gasteiger partial charge in [-0.3, -0.25) is 14.3 Å². The van der Waals surface area contributed by atoms with Gasteiger partial charge in [-0.1, -0.05) is 65.0 Å². The Hall–Kier alpha value is -4.64. The molecule has 0 N–H and O–H groups in total. The van der Waals surface area contributed by atoms with Gasteiger partial charge in [0.2, 0.25) is 0 Å². The van der Waals surface area contributed by atoms with E-state index in [2.05, 4.69) is 5.16 Å². The quantitative estimate of drug-likeness (QED) is 0.124. The van der Waals surface area contributed by atoms with Gasteiger partial charge in [-0.25, -0.2) is 9.59 Å². The minimum atomic E-state index is -0.856. The monoisotopic (exact) mass is 619 g/mol. The number of esters is 1. The van der Waals surface area contributed by atoms with Gasteiger partial charge in [0.25, 0.3) is 0 Å². The summed E-state index contributed by atoms with van der Waals surface area (Å²) < 4.78 is 18.8. The van der Waals surface area contributed by atoms with Crippen molar-refractivity contribution in [2.75, 3.05) is 27.9 Å². The van der Waals surface area contributed by atoms with Gasteiger partial charge >= 0.3 is 16.9 Å². The average molecular weight is 620 g/mol. The molecule has 0 aliphatic heterocycles. The number of thiazole rings is 1. The van der Waals surface area contributed by atoms with E-state index in [0.29, 0.717) is 18.0 Å². The number of ether oxygens (including phenoxy) is 3. The maximum absolute atomic E-state index is 12.9. The second-order valence-electron chi connectivity index (χ2n) is 11.0. The van der Waals surface area contributed by atoms with Crippen molar-refractivity contribution in [1.29, 1.82) is 0 Å². The molecule has 232 valence electrons. The molecule has 0 aliphatic carbocycles. The van der Waals surface area contributed by atoms with E-state index in [1.165, 1.54) is 37.5 Å². The van der Waals surface area contributed by atoms with Crippen molar-refractivity contribution < 1.29 is 28.6 Å². The first-order chi connectivity index (χ1) is 21.0. The molecule has 1 aromatic heterocycles. The normalized spacial score (nSPS) is 12.5. The Morgan fingerprint density at radius 2 is 1.68 bits per heavy atom. The van der Waals surface area contributed by atoms with Crippen molar-refractivity contribution in [3.8, 4) is 5.75 Å². The molecule has 10 nitrogen and oxygen atoms in total. The minimum absolute atomic E-state index is 0.0796. The van der Waals surface area contributed by atoms with Crippen LogP contribution in [0.2, 0.25) is 0 Å². The summed E-state index contributed by atoms with van der Waals surface area (Å²) in [6.07, 6.45) is -0.373. The summed E-state index contributed by atoms with van der Waals surface area (Å²) >= 11 is 1.17. The Bertz CT molecular complexity index is 1670. The van der Waals surface area contributed by atoms with Gasteiger partial charge in [0.05, 0.1) is 23.9 Å². The zero-order chi connectivity index (χ0) is 31.9. The predicted molar refractivity (Wildman–Crippen MR) is 171 cm³/mol. The van der Waals surface area contributed by atoms with Crippen LogP contribution < -0.4 is 9.61 Å². The third kappa shape index (κ3) is 8.04. The molecule has 0 radical (unpaired) electrons. The largest absolute Gasteiger partial charge is 0.492 e. The molecule has 0 fully saturated rings. The molecule has 0 bridgehead atoms. The number of fused-ring (bicyclic) bond motifs is 1. The zero-order valence-corrected chi connectivity index (χ0v) is 26.6. The Balaban J connectivity index is 1.41. The molecule has 0 aliphatic rings. The van der Waals surface area contributed by atoms with Crippen LogP contribution in [0.15, 0.2) is 82.7 Å². The molecule has 1 unspecified atom stereocenters. The van der Waals surface area contributed by atoms with Gasteiger partial charge in [0.15, 0.2) is 0 Å². The smallest absolute Gasteiger partial charge is 0.410 e. The van der Waals surface area contributed by atoms with Crippen LogP contribution in [0.25, 0.3) is 10.2 Å². The van der Waals surface area contributed by atoms with E-state index in [1.807, 2.05) is 60.7 Å². The first-order valence-corrected chi connectivity index (χ1v) is 14.9. The number of benzene rings is 3. The third-order valence-corrected chi connectivity index (χ3v) is 7.67. The highest BCUT2D eigenvalue weighted by Crippen LogP contribution is 2.22. The maximum Gasteiger partial charge on any atom is 0.410 e. The van der Waals surface area contributed by atoms with Gasteiger partial charge in [0, 0.05) is 24.6 Å². The topological polar surface area (TPSA) is 109 Å². The second kappa shape index (κ2) is 14.2. The summed E-state index contributed by atoms with van der Waals surface area (Å²) in [7, 11) is 4.31. The highest BCUT2D eigenvalue weighted by Gasteiger charge is 2.31. The summed E-state index contributed by atoms with van der Waals surface area (Å²) in [6.45, 7) is 5.93. The van der Waals surface area contributed by atoms with Gasteiger partial charge < -0.3 is 19.0 Å². The number of oxime groups is 1. The molecule has 0 saturated carbocycles. The second-order valence-corrected chi connectivity index (χ2v) is 12.0. The molecule has 1 atom stereocenters. The fraction of sp³-hybridized carbons (Fsp3) is 0.333. The van der Waals surface area contributed by atoms with Crippen LogP contribution in [0.1, 0.15) is 37.5 Å². The van der Waals surface area contributed by atoms with Crippen LogP contribution in [-0.4, -0.2) is 66.8 Å². The lowest BCUT2D eigenvalue weighted by molar-refractivity contribution is -0.146. The van der Waals surface area contributed by atoms with E-state index in [1.54, 1.807) is 37.5 Å². The van der Waals surface area contributed by atoms with Crippen LogP contribution in [0.5, 0.6) is 5.75 Å². The lowest BCUT2D eigenvalue weighted by Gasteiger charge is -2.29. The number of methoxy groups -OCH3 is 1. The van der Waals surface area contributed by atoms with Crippen molar-refractivity contribution in [3.63, 3.8) is 0 Å². The van der Waals surface area contributed by atoms with Crippen molar-refractivity contribution in [1.82, 2.24) is 9.47 Å². The van der Waals surface area contributed by atoms with E-state index in [0.717, 1.165) is 26.9 Å².